The third-order valence-electron chi connectivity index (χ3n) is 4.10. The standard InChI is InChI=1S/C21H17Cl3N2O4/c1-12-15(23)3-2-4-17(12)26-20(27)10-25-21(28)19-8-6-14(30-19)11-29-18-7-5-13(22)9-16(18)24/h2-9H,10-11H2,1H3,(H,25,28)(H,26,27). The minimum atomic E-state index is -0.524. The molecule has 2 N–H and O–H groups in total. The van der Waals surface area contributed by atoms with Crippen LogP contribution in [0.25, 0.3) is 0 Å². The van der Waals surface area contributed by atoms with Crippen molar-refractivity contribution in [2.75, 3.05) is 11.9 Å². The Labute approximate surface area is 188 Å². The van der Waals surface area contributed by atoms with Crippen LogP contribution in [0.1, 0.15) is 21.9 Å². The van der Waals surface area contributed by atoms with Gasteiger partial charge in [0.15, 0.2) is 5.76 Å². The van der Waals surface area contributed by atoms with Crippen LogP contribution in [0.3, 0.4) is 0 Å². The second-order valence-electron chi connectivity index (χ2n) is 6.27. The van der Waals surface area contributed by atoms with Gasteiger partial charge < -0.3 is 19.8 Å². The summed E-state index contributed by atoms with van der Waals surface area (Å²) in [5.74, 6) is 0.00843. The molecule has 0 spiro atoms. The molecule has 0 fully saturated rings. The number of ether oxygens (including phenoxy) is 1. The highest BCUT2D eigenvalue weighted by molar-refractivity contribution is 6.35. The molecule has 0 aliphatic rings. The van der Waals surface area contributed by atoms with E-state index < -0.39 is 5.91 Å². The van der Waals surface area contributed by atoms with E-state index in [0.717, 1.165) is 5.56 Å². The van der Waals surface area contributed by atoms with Gasteiger partial charge in [-0.05, 0) is 55.0 Å². The maximum absolute atomic E-state index is 12.2. The zero-order valence-electron chi connectivity index (χ0n) is 15.8. The summed E-state index contributed by atoms with van der Waals surface area (Å²) in [6, 6.07) is 13.1. The highest BCUT2D eigenvalue weighted by Crippen LogP contribution is 2.28. The van der Waals surface area contributed by atoms with Gasteiger partial charge in [0.05, 0.1) is 11.6 Å². The van der Waals surface area contributed by atoms with Crippen LogP contribution in [0.2, 0.25) is 15.1 Å². The van der Waals surface area contributed by atoms with Crippen molar-refractivity contribution in [2.24, 2.45) is 0 Å². The molecule has 0 unspecified atom stereocenters. The molecular weight excluding hydrogens is 451 g/mol. The van der Waals surface area contributed by atoms with Crippen molar-refractivity contribution >= 4 is 52.3 Å². The first-order chi connectivity index (χ1) is 14.3. The molecule has 0 atom stereocenters. The first-order valence-electron chi connectivity index (χ1n) is 8.83. The lowest BCUT2D eigenvalue weighted by molar-refractivity contribution is -0.115. The maximum Gasteiger partial charge on any atom is 0.287 e. The van der Waals surface area contributed by atoms with Crippen molar-refractivity contribution in [3.05, 3.63) is 80.7 Å². The Morgan fingerprint density at radius 2 is 1.83 bits per heavy atom. The summed E-state index contributed by atoms with van der Waals surface area (Å²) in [7, 11) is 0. The van der Waals surface area contributed by atoms with E-state index in [1.54, 1.807) is 49.4 Å². The SMILES string of the molecule is Cc1c(Cl)cccc1NC(=O)CNC(=O)c1ccc(COc2ccc(Cl)cc2Cl)o1. The molecule has 0 saturated carbocycles. The number of carbonyl (C=O) groups excluding carboxylic acids is 2. The monoisotopic (exact) mass is 466 g/mol. The van der Waals surface area contributed by atoms with Crippen LogP contribution in [0, 0.1) is 6.92 Å². The molecule has 3 aromatic rings. The molecular formula is C21H17Cl3N2O4. The van der Waals surface area contributed by atoms with E-state index in [2.05, 4.69) is 10.6 Å². The Bertz CT molecular complexity index is 1080. The van der Waals surface area contributed by atoms with E-state index in [1.807, 2.05) is 0 Å². The topological polar surface area (TPSA) is 80.6 Å². The summed E-state index contributed by atoms with van der Waals surface area (Å²) < 4.78 is 11.0. The molecule has 1 heterocycles. The van der Waals surface area contributed by atoms with Crippen molar-refractivity contribution in [1.29, 1.82) is 0 Å². The van der Waals surface area contributed by atoms with Crippen molar-refractivity contribution < 1.29 is 18.7 Å². The lowest BCUT2D eigenvalue weighted by Gasteiger charge is -2.09. The Morgan fingerprint density at radius 1 is 1.03 bits per heavy atom. The Balaban J connectivity index is 1.51. The van der Waals surface area contributed by atoms with E-state index in [9.17, 15) is 9.59 Å². The second kappa shape index (κ2) is 9.89. The number of furan rings is 1. The van der Waals surface area contributed by atoms with Crippen LogP contribution >= 0.6 is 34.8 Å². The van der Waals surface area contributed by atoms with Gasteiger partial charge in [0.2, 0.25) is 5.91 Å². The largest absolute Gasteiger partial charge is 0.484 e. The number of anilines is 1. The maximum atomic E-state index is 12.2. The van der Waals surface area contributed by atoms with E-state index in [-0.39, 0.29) is 24.8 Å². The second-order valence-corrected chi connectivity index (χ2v) is 7.52. The van der Waals surface area contributed by atoms with Crippen molar-refractivity contribution in [3.8, 4) is 5.75 Å². The zero-order valence-corrected chi connectivity index (χ0v) is 18.1. The average molecular weight is 468 g/mol. The number of benzene rings is 2. The lowest BCUT2D eigenvalue weighted by atomic mass is 10.2. The smallest absolute Gasteiger partial charge is 0.287 e. The number of halogens is 3. The molecule has 1 aromatic heterocycles. The van der Waals surface area contributed by atoms with Gasteiger partial charge in [0.25, 0.3) is 5.91 Å². The summed E-state index contributed by atoms with van der Waals surface area (Å²) in [4.78, 5) is 24.3. The van der Waals surface area contributed by atoms with Gasteiger partial charge >= 0.3 is 0 Å². The fourth-order valence-corrected chi connectivity index (χ4v) is 3.14. The van der Waals surface area contributed by atoms with Crippen LogP contribution in [0.4, 0.5) is 5.69 Å². The van der Waals surface area contributed by atoms with Crippen molar-refractivity contribution in [1.82, 2.24) is 5.32 Å². The summed E-state index contributed by atoms with van der Waals surface area (Å²) >= 11 is 17.9. The van der Waals surface area contributed by atoms with E-state index in [0.29, 0.717) is 32.3 Å². The highest BCUT2D eigenvalue weighted by Gasteiger charge is 2.14. The number of amides is 2. The fourth-order valence-electron chi connectivity index (χ4n) is 2.50. The molecule has 0 bridgehead atoms. The number of carbonyl (C=O) groups is 2. The third-order valence-corrected chi connectivity index (χ3v) is 5.04. The third kappa shape index (κ3) is 5.69. The van der Waals surface area contributed by atoms with Crippen LogP contribution in [-0.4, -0.2) is 18.4 Å². The van der Waals surface area contributed by atoms with E-state index in [1.165, 1.54) is 6.07 Å². The minimum absolute atomic E-state index is 0.0579. The molecule has 0 radical (unpaired) electrons. The number of hydrogen-bond acceptors (Lipinski definition) is 4. The summed E-state index contributed by atoms with van der Waals surface area (Å²) in [6.45, 7) is 1.64. The van der Waals surface area contributed by atoms with E-state index >= 15 is 0 Å². The molecule has 0 saturated heterocycles. The first kappa shape index (κ1) is 22.0. The molecule has 6 nitrogen and oxygen atoms in total. The van der Waals surface area contributed by atoms with E-state index in [4.69, 9.17) is 44.0 Å². The highest BCUT2D eigenvalue weighted by atomic mass is 35.5. The van der Waals surface area contributed by atoms with Gasteiger partial charge in [-0.1, -0.05) is 40.9 Å². The molecule has 3 rings (SSSR count). The molecule has 2 amide bonds. The van der Waals surface area contributed by atoms with Gasteiger partial charge in [-0.3, -0.25) is 9.59 Å². The Morgan fingerprint density at radius 3 is 2.60 bits per heavy atom. The lowest BCUT2D eigenvalue weighted by Crippen LogP contribution is -2.32. The quantitative estimate of drug-likeness (QED) is 0.481. The van der Waals surface area contributed by atoms with Crippen LogP contribution in [0.15, 0.2) is 52.9 Å². The van der Waals surface area contributed by atoms with Crippen LogP contribution in [0.5, 0.6) is 5.75 Å². The molecule has 0 aliphatic carbocycles. The number of rotatable bonds is 7. The Hall–Kier alpha value is -2.67. The van der Waals surface area contributed by atoms with Gasteiger partial charge in [0.1, 0.15) is 18.1 Å². The molecule has 0 aliphatic heterocycles. The molecule has 2 aromatic carbocycles. The minimum Gasteiger partial charge on any atom is -0.484 e. The van der Waals surface area contributed by atoms with Crippen molar-refractivity contribution in [3.63, 3.8) is 0 Å². The summed E-state index contributed by atoms with van der Waals surface area (Å²) in [5.41, 5.74) is 1.33. The molecule has 9 heteroatoms. The predicted molar refractivity (Wildman–Crippen MR) is 117 cm³/mol. The predicted octanol–water partition coefficient (Wildman–Crippen LogP) is 5.50. The molecule has 156 valence electrons. The average Bonchev–Trinajstić information content (AvgIpc) is 3.18. The van der Waals surface area contributed by atoms with Crippen molar-refractivity contribution in [2.45, 2.75) is 13.5 Å². The zero-order chi connectivity index (χ0) is 21.7. The van der Waals surface area contributed by atoms with Crippen LogP contribution < -0.4 is 15.4 Å². The number of hydrogen-bond donors (Lipinski definition) is 2. The van der Waals surface area contributed by atoms with Gasteiger partial charge in [0, 0.05) is 15.7 Å². The first-order valence-corrected chi connectivity index (χ1v) is 9.96. The number of nitrogens with one attached hydrogen (secondary N) is 2. The Kier molecular flexibility index (Phi) is 7.26. The van der Waals surface area contributed by atoms with Gasteiger partial charge in [-0.2, -0.15) is 0 Å². The summed E-state index contributed by atoms with van der Waals surface area (Å²) in [5, 5.41) is 6.61. The van der Waals surface area contributed by atoms with Crippen LogP contribution in [-0.2, 0) is 11.4 Å². The fraction of sp³-hybridized carbons (Fsp3) is 0.143. The summed E-state index contributed by atoms with van der Waals surface area (Å²) in [6.07, 6.45) is 0. The van der Waals surface area contributed by atoms with Gasteiger partial charge in [-0.25, -0.2) is 0 Å². The molecule has 30 heavy (non-hydrogen) atoms. The normalized spacial score (nSPS) is 10.5. The van der Waals surface area contributed by atoms with Gasteiger partial charge in [-0.15, -0.1) is 0 Å².